The summed E-state index contributed by atoms with van der Waals surface area (Å²) in [6, 6.07) is 6.68. The van der Waals surface area contributed by atoms with Gasteiger partial charge in [0.2, 0.25) is 0 Å². The van der Waals surface area contributed by atoms with Crippen molar-refractivity contribution in [2.24, 2.45) is 0 Å². The van der Waals surface area contributed by atoms with Gasteiger partial charge in [-0.15, -0.1) is 0 Å². The smallest absolute Gasteiger partial charge is 0.164 e. The van der Waals surface area contributed by atoms with Gasteiger partial charge in [0.15, 0.2) is 5.82 Å². The molecule has 2 heterocycles. The first-order valence-corrected chi connectivity index (χ1v) is 7.78. The molecule has 22 heavy (non-hydrogen) atoms. The first kappa shape index (κ1) is 14.9. The van der Waals surface area contributed by atoms with E-state index in [2.05, 4.69) is 22.1 Å². The summed E-state index contributed by atoms with van der Waals surface area (Å²) in [5, 5.41) is 3.35. The van der Waals surface area contributed by atoms with E-state index >= 15 is 0 Å². The van der Waals surface area contributed by atoms with E-state index in [1.54, 1.807) is 12.1 Å². The second kappa shape index (κ2) is 6.40. The second-order valence-corrected chi connectivity index (χ2v) is 5.51. The van der Waals surface area contributed by atoms with Gasteiger partial charge in [0, 0.05) is 37.4 Å². The number of hydrogen-bond donors (Lipinski definition) is 1. The summed E-state index contributed by atoms with van der Waals surface area (Å²) in [4.78, 5) is 11.5. The summed E-state index contributed by atoms with van der Waals surface area (Å²) < 4.78 is 14.1. The molecule has 1 aliphatic rings. The molecule has 1 aliphatic heterocycles. The van der Waals surface area contributed by atoms with E-state index in [9.17, 15) is 4.39 Å². The highest BCUT2D eigenvalue weighted by Gasteiger charge is 2.19. The lowest BCUT2D eigenvalue weighted by atomic mass is 10.1. The van der Waals surface area contributed by atoms with Gasteiger partial charge in [0.05, 0.1) is 5.56 Å². The van der Waals surface area contributed by atoms with Crippen LogP contribution in [0.2, 0.25) is 0 Å². The SMILES string of the molecule is CCc1c(C)nc(-c2ccccc2F)nc1N1CCNCC1. The average Bonchev–Trinajstić information content (AvgIpc) is 2.55. The Morgan fingerprint density at radius 1 is 1.18 bits per heavy atom. The van der Waals surface area contributed by atoms with Crippen molar-refractivity contribution in [1.82, 2.24) is 15.3 Å². The fraction of sp³-hybridized carbons (Fsp3) is 0.412. The fourth-order valence-electron chi connectivity index (χ4n) is 2.90. The van der Waals surface area contributed by atoms with Crippen LogP contribution in [0.3, 0.4) is 0 Å². The van der Waals surface area contributed by atoms with E-state index in [1.165, 1.54) is 6.07 Å². The number of aryl methyl sites for hydroxylation is 1. The topological polar surface area (TPSA) is 41.1 Å². The number of nitrogens with zero attached hydrogens (tertiary/aromatic N) is 3. The molecule has 0 saturated carbocycles. The Bertz CT molecular complexity index is 666. The molecule has 3 rings (SSSR count). The van der Waals surface area contributed by atoms with Crippen LogP contribution in [0.25, 0.3) is 11.4 Å². The lowest BCUT2D eigenvalue weighted by Gasteiger charge is -2.30. The van der Waals surface area contributed by atoms with Gasteiger partial charge in [0.25, 0.3) is 0 Å². The molecule has 0 amide bonds. The maximum atomic E-state index is 14.1. The van der Waals surface area contributed by atoms with Gasteiger partial charge in [-0.2, -0.15) is 0 Å². The van der Waals surface area contributed by atoms with Crippen LogP contribution >= 0.6 is 0 Å². The molecule has 0 aliphatic carbocycles. The molecule has 0 atom stereocenters. The lowest BCUT2D eigenvalue weighted by molar-refractivity contribution is 0.582. The molecule has 1 N–H and O–H groups in total. The fourth-order valence-corrected chi connectivity index (χ4v) is 2.90. The van der Waals surface area contributed by atoms with Gasteiger partial charge in [-0.3, -0.25) is 0 Å². The van der Waals surface area contributed by atoms with E-state index in [1.807, 2.05) is 13.0 Å². The summed E-state index contributed by atoms with van der Waals surface area (Å²) in [5.41, 5.74) is 2.55. The number of rotatable bonds is 3. The number of halogens is 1. The van der Waals surface area contributed by atoms with E-state index in [0.29, 0.717) is 11.4 Å². The Labute approximate surface area is 130 Å². The van der Waals surface area contributed by atoms with Crippen LogP contribution in [0.5, 0.6) is 0 Å². The Morgan fingerprint density at radius 3 is 2.59 bits per heavy atom. The van der Waals surface area contributed by atoms with Crippen LogP contribution < -0.4 is 10.2 Å². The van der Waals surface area contributed by atoms with Crippen molar-refractivity contribution >= 4 is 5.82 Å². The molecule has 0 radical (unpaired) electrons. The second-order valence-electron chi connectivity index (χ2n) is 5.51. The van der Waals surface area contributed by atoms with Gasteiger partial charge < -0.3 is 10.2 Å². The minimum absolute atomic E-state index is 0.280. The van der Waals surface area contributed by atoms with E-state index in [-0.39, 0.29) is 5.82 Å². The van der Waals surface area contributed by atoms with Crippen LogP contribution in [-0.2, 0) is 6.42 Å². The predicted molar refractivity (Wildman–Crippen MR) is 86.6 cm³/mol. The van der Waals surface area contributed by atoms with Crippen molar-refractivity contribution < 1.29 is 4.39 Å². The van der Waals surface area contributed by atoms with Crippen molar-refractivity contribution in [3.63, 3.8) is 0 Å². The van der Waals surface area contributed by atoms with Gasteiger partial charge in [0.1, 0.15) is 11.6 Å². The maximum absolute atomic E-state index is 14.1. The number of nitrogens with one attached hydrogen (secondary N) is 1. The Morgan fingerprint density at radius 2 is 1.91 bits per heavy atom. The quantitative estimate of drug-likeness (QED) is 0.946. The summed E-state index contributed by atoms with van der Waals surface area (Å²) >= 11 is 0. The number of anilines is 1. The van der Waals surface area contributed by atoms with Crippen molar-refractivity contribution in [3.8, 4) is 11.4 Å². The molecule has 0 bridgehead atoms. The van der Waals surface area contributed by atoms with Crippen LogP contribution in [0.15, 0.2) is 24.3 Å². The molecule has 1 aromatic heterocycles. The number of benzene rings is 1. The molecule has 0 unspecified atom stereocenters. The van der Waals surface area contributed by atoms with E-state index in [0.717, 1.165) is 49.7 Å². The highest BCUT2D eigenvalue weighted by molar-refractivity contribution is 5.61. The van der Waals surface area contributed by atoms with Crippen molar-refractivity contribution in [2.45, 2.75) is 20.3 Å². The van der Waals surface area contributed by atoms with Crippen molar-refractivity contribution in [3.05, 3.63) is 41.3 Å². The van der Waals surface area contributed by atoms with Crippen LogP contribution in [0, 0.1) is 12.7 Å². The molecule has 116 valence electrons. The summed E-state index contributed by atoms with van der Waals surface area (Å²) in [6.45, 7) is 7.82. The number of aromatic nitrogens is 2. The summed E-state index contributed by atoms with van der Waals surface area (Å²) in [7, 11) is 0. The lowest BCUT2D eigenvalue weighted by Crippen LogP contribution is -2.44. The molecule has 4 nitrogen and oxygen atoms in total. The summed E-state index contributed by atoms with van der Waals surface area (Å²) in [5.74, 6) is 1.15. The zero-order valence-corrected chi connectivity index (χ0v) is 13.1. The molecule has 0 spiro atoms. The maximum Gasteiger partial charge on any atom is 0.164 e. The average molecular weight is 300 g/mol. The third-order valence-electron chi connectivity index (χ3n) is 4.08. The van der Waals surface area contributed by atoms with Crippen molar-refractivity contribution in [1.29, 1.82) is 0 Å². The molecular weight excluding hydrogens is 279 g/mol. The summed E-state index contributed by atoms with van der Waals surface area (Å²) in [6.07, 6.45) is 0.878. The molecule has 1 fully saturated rings. The predicted octanol–water partition coefficient (Wildman–Crippen LogP) is 2.56. The Hall–Kier alpha value is -2.01. The van der Waals surface area contributed by atoms with E-state index < -0.39 is 0 Å². The third kappa shape index (κ3) is 2.81. The van der Waals surface area contributed by atoms with Gasteiger partial charge >= 0.3 is 0 Å². The van der Waals surface area contributed by atoms with Gasteiger partial charge in [-0.25, -0.2) is 14.4 Å². The van der Waals surface area contributed by atoms with Crippen LogP contribution in [0.1, 0.15) is 18.2 Å². The normalized spacial score (nSPS) is 15.1. The Kier molecular flexibility index (Phi) is 4.34. The number of hydrogen-bond acceptors (Lipinski definition) is 4. The van der Waals surface area contributed by atoms with Gasteiger partial charge in [-0.1, -0.05) is 19.1 Å². The molecule has 2 aromatic rings. The zero-order chi connectivity index (χ0) is 15.5. The zero-order valence-electron chi connectivity index (χ0n) is 13.1. The van der Waals surface area contributed by atoms with Gasteiger partial charge in [-0.05, 0) is 25.5 Å². The molecule has 5 heteroatoms. The largest absolute Gasteiger partial charge is 0.354 e. The van der Waals surface area contributed by atoms with Crippen LogP contribution in [0.4, 0.5) is 10.2 Å². The van der Waals surface area contributed by atoms with Crippen LogP contribution in [-0.4, -0.2) is 36.1 Å². The highest BCUT2D eigenvalue weighted by Crippen LogP contribution is 2.27. The standard InChI is InChI=1S/C17H21FN4/c1-3-13-12(2)20-16(14-6-4-5-7-15(14)18)21-17(13)22-10-8-19-9-11-22/h4-7,19H,3,8-11H2,1-2H3. The molecule has 1 aromatic carbocycles. The highest BCUT2D eigenvalue weighted by atomic mass is 19.1. The van der Waals surface area contributed by atoms with Crippen molar-refractivity contribution in [2.75, 3.05) is 31.1 Å². The molecular formula is C17H21FN4. The number of piperazine rings is 1. The minimum Gasteiger partial charge on any atom is -0.354 e. The Balaban J connectivity index is 2.10. The first-order chi connectivity index (χ1) is 10.7. The monoisotopic (exact) mass is 300 g/mol. The first-order valence-electron chi connectivity index (χ1n) is 7.78. The molecule has 1 saturated heterocycles. The minimum atomic E-state index is -0.280. The van der Waals surface area contributed by atoms with E-state index in [4.69, 9.17) is 4.98 Å². The third-order valence-corrected chi connectivity index (χ3v) is 4.08.